The zero-order valence-corrected chi connectivity index (χ0v) is 12.7. The topological polar surface area (TPSA) is 4.93 Å². The quantitative estimate of drug-likeness (QED) is 0.358. The number of aromatic nitrogens is 1. The van der Waals surface area contributed by atoms with Crippen LogP contribution in [0.4, 0.5) is 0 Å². The average molecular weight is 299 g/mol. The van der Waals surface area contributed by atoms with E-state index >= 15 is 0 Å². The second kappa shape index (κ2) is 4.46. The molecule has 22 heavy (non-hydrogen) atoms. The van der Waals surface area contributed by atoms with Crippen molar-refractivity contribution in [2.24, 2.45) is 0 Å². The zero-order valence-electron chi connectivity index (χ0n) is 11.9. The number of thiophene rings is 1. The lowest BCUT2D eigenvalue weighted by Gasteiger charge is -2.08. The summed E-state index contributed by atoms with van der Waals surface area (Å²) in [5.74, 6) is 0. The van der Waals surface area contributed by atoms with Crippen LogP contribution in [0.15, 0.2) is 78.2 Å². The lowest BCUT2D eigenvalue weighted by atomic mass is 10.1. The minimum absolute atomic E-state index is 1.22. The molecule has 104 valence electrons. The molecule has 0 aliphatic heterocycles. The molecular formula is C20H13NS. The van der Waals surface area contributed by atoms with Gasteiger partial charge in [0.15, 0.2) is 0 Å². The van der Waals surface area contributed by atoms with Crippen LogP contribution in [0.2, 0.25) is 0 Å². The largest absolute Gasteiger partial charge is 0.309 e. The Balaban J connectivity index is 2.10. The van der Waals surface area contributed by atoms with Crippen LogP contribution >= 0.6 is 11.3 Å². The van der Waals surface area contributed by atoms with Crippen LogP contribution in [-0.2, 0) is 0 Å². The minimum atomic E-state index is 1.22. The Morgan fingerprint density at radius 1 is 0.636 bits per heavy atom. The highest BCUT2D eigenvalue weighted by Crippen LogP contribution is 2.37. The molecule has 5 rings (SSSR count). The van der Waals surface area contributed by atoms with Gasteiger partial charge in [-0.1, -0.05) is 42.5 Å². The molecule has 1 nitrogen and oxygen atoms in total. The molecule has 0 spiro atoms. The molecule has 0 radical (unpaired) electrons. The van der Waals surface area contributed by atoms with Crippen molar-refractivity contribution in [2.75, 3.05) is 0 Å². The molecule has 2 heterocycles. The smallest absolute Gasteiger partial charge is 0.0627 e. The first-order valence-electron chi connectivity index (χ1n) is 7.38. The van der Waals surface area contributed by atoms with Crippen molar-refractivity contribution in [3.8, 4) is 5.69 Å². The molecule has 0 saturated heterocycles. The molecule has 3 aromatic carbocycles. The summed E-state index contributed by atoms with van der Waals surface area (Å²) in [4.78, 5) is 0. The first-order valence-corrected chi connectivity index (χ1v) is 8.26. The fraction of sp³-hybridized carbons (Fsp3) is 0. The predicted octanol–water partition coefficient (Wildman–Crippen LogP) is 6.00. The van der Waals surface area contributed by atoms with Gasteiger partial charge >= 0.3 is 0 Å². The van der Waals surface area contributed by atoms with Gasteiger partial charge in [-0.25, -0.2) is 0 Å². The number of nitrogens with zero attached hydrogens (tertiary/aromatic N) is 1. The van der Waals surface area contributed by atoms with Crippen LogP contribution in [0.25, 0.3) is 37.6 Å². The molecule has 2 heteroatoms. The van der Waals surface area contributed by atoms with Crippen molar-refractivity contribution < 1.29 is 0 Å². The Morgan fingerprint density at radius 2 is 1.45 bits per heavy atom. The van der Waals surface area contributed by atoms with Crippen molar-refractivity contribution in [3.05, 3.63) is 78.2 Å². The van der Waals surface area contributed by atoms with Gasteiger partial charge in [-0.05, 0) is 35.7 Å². The van der Waals surface area contributed by atoms with E-state index in [2.05, 4.69) is 82.7 Å². The summed E-state index contributed by atoms with van der Waals surface area (Å²) in [5, 5.41) is 6.15. The molecule has 0 N–H and O–H groups in total. The molecule has 0 bridgehead atoms. The molecule has 0 saturated carbocycles. The van der Waals surface area contributed by atoms with Crippen molar-refractivity contribution >= 4 is 43.2 Å². The van der Waals surface area contributed by atoms with Crippen molar-refractivity contribution in [1.29, 1.82) is 0 Å². The zero-order chi connectivity index (χ0) is 14.5. The normalized spacial score (nSPS) is 11.6. The Kier molecular flexibility index (Phi) is 2.43. The SMILES string of the molecule is c1ccc(-n2c3ccccc3c3ccc4sccc4c32)cc1. The van der Waals surface area contributed by atoms with Gasteiger partial charge in [0, 0.05) is 26.5 Å². The van der Waals surface area contributed by atoms with Crippen molar-refractivity contribution in [1.82, 2.24) is 4.57 Å². The van der Waals surface area contributed by atoms with E-state index < -0.39 is 0 Å². The summed E-state index contributed by atoms with van der Waals surface area (Å²) in [5.41, 5.74) is 3.79. The fourth-order valence-corrected chi connectivity index (χ4v) is 4.14. The third-order valence-corrected chi connectivity index (χ3v) is 5.16. The summed E-state index contributed by atoms with van der Waals surface area (Å²) in [7, 11) is 0. The highest BCUT2D eigenvalue weighted by atomic mass is 32.1. The van der Waals surface area contributed by atoms with E-state index in [0.29, 0.717) is 0 Å². The fourth-order valence-electron chi connectivity index (χ4n) is 3.35. The number of rotatable bonds is 1. The Bertz CT molecular complexity index is 1120. The number of benzene rings is 3. The van der Waals surface area contributed by atoms with Gasteiger partial charge in [0.2, 0.25) is 0 Å². The van der Waals surface area contributed by atoms with Crippen LogP contribution in [0.5, 0.6) is 0 Å². The maximum atomic E-state index is 2.39. The molecule has 0 aliphatic rings. The van der Waals surface area contributed by atoms with Crippen LogP contribution in [0, 0.1) is 0 Å². The number of hydrogen-bond donors (Lipinski definition) is 0. The summed E-state index contributed by atoms with van der Waals surface area (Å²) in [6.07, 6.45) is 0. The van der Waals surface area contributed by atoms with Crippen LogP contribution in [0.3, 0.4) is 0 Å². The van der Waals surface area contributed by atoms with Gasteiger partial charge in [-0.15, -0.1) is 11.3 Å². The lowest BCUT2D eigenvalue weighted by molar-refractivity contribution is 1.19. The van der Waals surface area contributed by atoms with E-state index in [1.807, 2.05) is 0 Å². The highest BCUT2D eigenvalue weighted by molar-refractivity contribution is 7.17. The van der Waals surface area contributed by atoms with Crippen LogP contribution < -0.4 is 0 Å². The van der Waals surface area contributed by atoms with E-state index in [4.69, 9.17) is 0 Å². The summed E-state index contributed by atoms with van der Waals surface area (Å²) in [6.45, 7) is 0. The third kappa shape index (κ3) is 1.53. The Morgan fingerprint density at radius 3 is 2.36 bits per heavy atom. The van der Waals surface area contributed by atoms with E-state index in [-0.39, 0.29) is 0 Å². The highest BCUT2D eigenvalue weighted by Gasteiger charge is 2.14. The standard InChI is InChI=1S/C20H13NS/c1-2-6-14(7-3-1)21-18-9-5-4-8-15(18)16-10-11-19-17(20(16)21)12-13-22-19/h1-13H. The van der Waals surface area contributed by atoms with Gasteiger partial charge in [-0.2, -0.15) is 0 Å². The monoisotopic (exact) mass is 299 g/mol. The summed E-state index contributed by atoms with van der Waals surface area (Å²) >= 11 is 1.80. The van der Waals surface area contributed by atoms with E-state index in [1.54, 1.807) is 11.3 Å². The molecule has 0 unspecified atom stereocenters. The van der Waals surface area contributed by atoms with E-state index in [9.17, 15) is 0 Å². The predicted molar refractivity (Wildman–Crippen MR) is 96.2 cm³/mol. The van der Waals surface area contributed by atoms with Gasteiger partial charge in [-0.3, -0.25) is 0 Å². The maximum Gasteiger partial charge on any atom is 0.0627 e. The first-order chi connectivity index (χ1) is 10.9. The first kappa shape index (κ1) is 12.0. The number of hydrogen-bond acceptors (Lipinski definition) is 1. The maximum absolute atomic E-state index is 2.39. The summed E-state index contributed by atoms with van der Waals surface area (Å²) in [6, 6.07) is 26.0. The average Bonchev–Trinajstić information content (AvgIpc) is 3.17. The van der Waals surface area contributed by atoms with Crippen molar-refractivity contribution in [3.63, 3.8) is 0 Å². The van der Waals surface area contributed by atoms with E-state index in [0.717, 1.165) is 0 Å². The van der Waals surface area contributed by atoms with Crippen molar-refractivity contribution in [2.45, 2.75) is 0 Å². The molecule has 0 atom stereocenters. The molecule has 5 aromatic rings. The molecular weight excluding hydrogens is 286 g/mol. The lowest BCUT2D eigenvalue weighted by Crippen LogP contribution is -1.93. The second-order valence-corrected chi connectivity index (χ2v) is 6.43. The number of fused-ring (bicyclic) bond motifs is 5. The third-order valence-electron chi connectivity index (χ3n) is 4.28. The summed E-state index contributed by atoms with van der Waals surface area (Å²) < 4.78 is 3.73. The molecule has 0 amide bonds. The van der Waals surface area contributed by atoms with Crippen LogP contribution in [-0.4, -0.2) is 4.57 Å². The van der Waals surface area contributed by atoms with Gasteiger partial charge in [0.25, 0.3) is 0 Å². The molecule has 2 aromatic heterocycles. The van der Waals surface area contributed by atoms with Gasteiger partial charge in [0.05, 0.1) is 11.0 Å². The molecule has 0 aliphatic carbocycles. The van der Waals surface area contributed by atoms with E-state index in [1.165, 1.54) is 37.6 Å². The Hall–Kier alpha value is -2.58. The van der Waals surface area contributed by atoms with Gasteiger partial charge < -0.3 is 4.57 Å². The Labute approximate surface area is 132 Å². The van der Waals surface area contributed by atoms with Crippen LogP contribution in [0.1, 0.15) is 0 Å². The van der Waals surface area contributed by atoms with Gasteiger partial charge in [0.1, 0.15) is 0 Å². The second-order valence-electron chi connectivity index (χ2n) is 5.48. The number of para-hydroxylation sites is 2. The molecule has 0 fully saturated rings. The minimum Gasteiger partial charge on any atom is -0.309 e.